The number of methoxy groups -OCH3 is 1. The number of hydrogen-bond acceptors (Lipinski definition) is 4. The highest BCUT2D eigenvalue weighted by Gasteiger charge is 2.32. The van der Waals surface area contributed by atoms with E-state index in [4.69, 9.17) is 18.9 Å². The van der Waals surface area contributed by atoms with Crippen LogP contribution in [0.15, 0.2) is 60.7 Å². The third kappa shape index (κ3) is 5.65. The summed E-state index contributed by atoms with van der Waals surface area (Å²) in [4.78, 5) is 0. The summed E-state index contributed by atoms with van der Waals surface area (Å²) in [6, 6.07) is 20.3. The fourth-order valence-electron chi connectivity index (χ4n) is 2.99. The Morgan fingerprint density at radius 1 is 0.920 bits per heavy atom. The Labute approximate surface area is 149 Å². The summed E-state index contributed by atoms with van der Waals surface area (Å²) in [6.07, 6.45) is 1.58. The van der Waals surface area contributed by atoms with E-state index in [-0.39, 0.29) is 18.5 Å². The van der Waals surface area contributed by atoms with Crippen molar-refractivity contribution < 1.29 is 18.9 Å². The lowest BCUT2D eigenvalue weighted by Crippen LogP contribution is -2.34. The Morgan fingerprint density at radius 3 is 2.16 bits per heavy atom. The molecule has 0 spiro atoms. The second kappa shape index (κ2) is 9.68. The van der Waals surface area contributed by atoms with Gasteiger partial charge in [0.25, 0.3) is 0 Å². The van der Waals surface area contributed by atoms with Gasteiger partial charge in [-0.15, -0.1) is 0 Å². The maximum absolute atomic E-state index is 6.14. The third-order valence-corrected chi connectivity index (χ3v) is 4.39. The van der Waals surface area contributed by atoms with Crippen LogP contribution < -0.4 is 0 Å². The SMILES string of the molecule is COC1CCC(C(COCc2ccccc2)OCc2ccccc2)O1. The maximum atomic E-state index is 6.14. The Kier molecular flexibility index (Phi) is 7.00. The van der Waals surface area contributed by atoms with Crippen molar-refractivity contribution in [3.05, 3.63) is 71.8 Å². The summed E-state index contributed by atoms with van der Waals surface area (Å²) < 4.78 is 23.3. The van der Waals surface area contributed by atoms with Crippen molar-refractivity contribution in [3.8, 4) is 0 Å². The van der Waals surface area contributed by atoms with Crippen molar-refractivity contribution in [2.45, 2.75) is 44.6 Å². The monoisotopic (exact) mass is 342 g/mol. The first-order chi connectivity index (χ1) is 12.3. The van der Waals surface area contributed by atoms with Gasteiger partial charge in [0.15, 0.2) is 6.29 Å². The van der Waals surface area contributed by atoms with Crippen LogP contribution in [0.3, 0.4) is 0 Å². The van der Waals surface area contributed by atoms with Gasteiger partial charge in [0.2, 0.25) is 0 Å². The van der Waals surface area contributed by atoms with Gasteiger partial charge in [0.05, 0.1) is 25.9 Å². The quantitative estimate of drug-likeness (QED) is 0.692. The molecule has 1 aliphatic heterocycles. The van der Waals surface area contributed by atoms with E-state index in [9.17, 15) is 0 Å². The summed E-state index contributed by atoms with van der Waals surface area (Å²) in [5, 5.41) is 0. The molecule has 0 N–H and O–H groups in total. The molecule has 4 nitrogen and oxygen atoms in total. The Bertz CT molecular complexity index is 602. The minimum Gasteiger partial charge on any atom is -0.374 e. The summed E-state index contributed by atoms with van der Waals surface area (Å²) in [5.74, 6) is 0. The molecule has 0 bridgehead atoms. The number of hydrogen-bond donors (Lipinski definition) is 0. The topological polar surface area (TPSA) is 36.9 Å². The van der Waals surface area contributed by atoms with E-state index in [1.54, 1.807) is 7.11 Å². The Balaban J connectivity index is 1.54. The van der Waals surface area contributed by atoms with Gasteiger partial charge in [-0.3, -0.25) is 0 Å². The van der Waals surface area contributed by atoms with Crippen LogP contribution >= 0.6 is 0 Å². The van der Waals surface area contributed by atoms with Crippen LogP contribution in [0.1, 0.15) is 24.0 Å². The maximum Gasteiger partial charge on any atom is 0.157 e. The fourth-order valence-corrected chi connectivity index (χ4v) is 2.99. The van der Waals surface area contributed by atoms with Crippen LogP contribution in [0.5, 0.6) is 0 Å². The van der Waals surface area contributed by atoms with E-state index in [1.165, 1.54) is 0 Å². The van der Waals surface area contributed by atoms with Gasteiger partial charge >= 0.3 is 0 Å². The number of ether oxygens (including phenoxy) is 4. The summed E-state index contributed by atoms with van der Waals surface area (Å²) in [7, 11) is 1.68. The van der Waals surface area contributed by atoms with Crippen molar-refractivity contribution in [2.24, 2.45) is 0 Å². The molecular formula is C21H26O4. The molecule has 1 heterocycles. The molecule has 0 radical (unpaired) electrons. The molecule has 0 aliphatic carbocycles. The third-order valence-electron chi connectivity index (χ3n) is 4.39. The van der Waals surface area contributed by atoms with Crippen LogP contribution in [0.25, 0.3) is 0 Å². The highest BCUT2D eigenvalue weighted by Crippen LogP contribution is 2.25. The standard InChI is InChI=1S/C21H26O4/c1-22-21-13-12-19(25-21)20(24-15-18-10-6-3-7-11-18)16-23-14-17-8-4-2-5-9-17/h2-11,19-21H,12-16H2,1H3. The first kappa shape index (κ1) is 18.1. The lowest BCUT2D eigenvalue weighted by Gasteiger charge is -2.24. The van der Waals surface area contributed by atoms with E-state index in [2.05, 4.69) is 24.3 Å². The first-order valence-corrected chi connectivity index (χ1v) is 8.80. The summed E-state index contributed by atoms with van der Waals surface area (Å²) >= 11 is 0. The minimum atomic E-state index is -0.137. The molecule has 2 aromatic rings. The zero-order valence-corrected chi connectivity index (χ0v) is 14.7. The molecule has 4 heteroatoms. The second-order valence-electron chi connectivity index (χ2n) is 6.25. The Morgan fingerprint density at radius 2 is 1.56 bits per heavy atom. The van der Waals surface area contributed by atoms with Crippen LogP contribution in [-0.4, -0.2) is 32.2 Å². The molecule has 3 unspecified atom stereocenters. The predicted octanol–water partition coefficient (Wildman–Crippen LogP) is 3.94. The largest absolute Gasteiger partial charge is 0.374 e. The van der Waals surface area contributed by atoms with Gasteiger partial charge in [0.1, 0.15) is 6.10 Å². The van der Waals surface area contributed by atoms with Crippen LogP contribution in [0.4, 0.5) is 0 Å². The van der Waals surface area contributed by atoms with Crippen LogP contribution in [0.2, 0.25) is 0 Å². The van der Waals surface area contributed by atoms with E-state index < -0.39 is 0 Å². The van der Waals surface area contributed by atoms with Gasteiger partial charge in [-0.25, -0.2) is 0 Å². The van der Waals surface area contributed by atoms with Gasteiger partial charge in [-0.05, 0) is 17.5 Å². The van der Waals surface area contributed by atoms with E-state index in [1.807, 2.05) is 36.4 Å². The number of rotatable bonds is 9. The lowest BCUT2D eigenvalue weighted by molar-refractivity contribution is -0.162. The van der Waals surface area contributed by atoms with E-state index in [0.717, 1.165) is 24.0 Å². The van der Waals surface area contributed by atoms with Crippen molar-refractivity contribution in [2.75, 3.05) is 13.7 Å². The van der Waals surface area contributed by atoms with Crippen LogP contribution in [-0.2, 0) is 32.2 Å². The molecule has 2 aromatic carbocycles. The minimum absolute atomic E-state index is 0.00411. The average Bonchev–Trinajstić information content (AvgIpc) is 3.15. The highest BCUT2D eigenvalue weighted by atomic mass is 16.7. The molecule has 0 amide bonds. The highest BCUT2D eigenvalue weighted by molar-refractivity contribution is 5.14. The summed E-state index contributed by atoms with van der Waals surface area (Å²) in [5.41, 5.74) is 2.31. The molecule has 134 valence electrons. The summed E-state index contributed by atoms with van der Waals surface area (Å²) in [6.45, 7) is 1.63. The van der Waals surface area contributed by atoms with E-state index in [0.29, 0.717) is 19.8 Å². The van der Waals surface area contributed by atoms with Crippen molar-refractivity contribution in [1.29, 1.82) is 0 Å². The molecular weight excluding hydrogens is 316 g/mol. The fraction of sp³-hybridized carbons (Fsp3) is 0.429. The van der Waals surface area contributed by atoms with Crippen molar-refractivity contribution in [3.63, 3.8) is 0 Å². The van der Waals surface area contributed by atoms with Crippen molar-refractivity contribution >= 4 is 0 Å². The predicted molar refractivity (Wildman–Crippen MR) is 96.0 cm³/mol. The van der Waals surface area contributed by atoms with Gasteiger partial charge in [-0.1, -0.05) is 60.7 Å². The molecule has 0 saturated carbocycles. The van der Waals surface area contributed by atoms with Crippen molar-refractivity contribution in [1.82, 2.24) is 0 Å². The van der Waals surface area contributed by atoms with Gasteiger partial charge < -0.3 is 18.9 Å². The molecule has 3 atom stereocenters. The Hall–Kier alpha value is -1.72. The molecule has 25 heavy (non-hydrogen) atoms. The lowest BCUT2D eigenvalue weighted by atomic mass is 10.1. The zero-order valence-electron chi connectivity index (χ0n) is 14.7. The first-order valence-electron chi connectivity index (χ1n) is 8.80. The van der Waals surface area contributed by atoms with Gasteiger partial charge in [0, 0.05) is 13.5 Å². The molecule has 0 aromatic heterocycles. The molecule has 1 saturated heterocycles. The van der Waals surface area contributed by atoms with Gasteiger partial charge in [-0.2, -0.15) is 0 Å². The number of benzene rings is 2. The van der Waals surface area contributed by atoms with E-state index >= 15 is 0 Å². The smallest absolute Gasteiger partial charge is 0.157 e. The molecule has 1 fully saturated rings. The zero-order chi connectivity index (χ0) is 17.3. The normalized spacial score (nSPS) is 21.3. The average molecular weight is 342 g/mol. The molecule has 1 aliphatic rings. The second-order valence-corrected chi connectivity index (χ2v) is 6.25. The van der Waals surface area contributed by atoms with Crippen LogP contribution in [0, 0.1) is 0 Å². The molecule has 3 rings (SSSR count).